The molecule has 9 heteroatoms. The average Bonchev–Trinajstić information content (AvgIpc) is 3.40. The van der Waals surface area contributed by atoms with Crippen LogP contribution in [-0.4, -0.2) is 38.7 Å². The lowest BCUT2D eigenvalue weighted by atomic mass is 10.1. The molecular weight excluding hydrogens is 394 g/mol. The molecule has 0 radical (unpaired) electrons. The molecule has 2 N–H and O–H groups in total. The van der Waals surface area contributed by atoms with E-state index in [4.69, 9.17) is 9.72 Å². The van der Waals surface area contributed by atoms with Gasteiger partial charge in [0, 0.05) is 49.2 Å². The molecule has 1 fully saturated rings. The van der Waals surface area contributed by atoms with Crippen molar-refractivity contribution in [1.82, 2.24) is 25.1 Å². The molecule has 9 nitrogen and oxygen atoms in total. The van der Waals surface area contributed by atoms with Crippen LogP contribution in [0.25, 0.3) is 11.0 Å². The molecule has 0 saturated carbocycles. The summed E-state index contributed by atoms with van der Waals surface area (Å²) in [5, 5.41) is 11.5. The second kappa shape index (κ2) is 7.90. The number of carbonyl (C=O) groups is 1. The van der Waals surface area contributed by atoms with Crippen LogP contribution >= 0.6 is 0 Å². The van der Waals surface area contributed by atoms with Crippen molar-refractivity contribution < 1.29 is 9.53 Å². The Kier molecular flexibility index (Phi) is 4.93. The number of pyridine rings is 2. The third kappa shape index (κ3) is 3.90. The van der Waals surface area contributed by atoms with E-state index in [9.17, 15) is 4.79 Å². The van der Waals surface area contributed by atoms with Crippen LogP contribution < -0.4 is 15.5 Å². The monoisotopic (exact) mass is 419 g/mol. The van der Waals surface area contributed by atoms with Gasteiger partial charge in [0.25, 0.3) is 5.91 Å². The van der Waals surface area contributed by atoms with Gasteiger partial charge in [-0.25, -0.2) is 4.98 Å². The van der Waals surface area contributed by atoms with Gasteiger partial charge in [0.2, 0.25) is 0 Å². The predicted octanol–water partition coefficient (Wildman–Crippen LogP) is 2.76. The number of anilines is 2. The van der Waals surface area contributed by atoms with E-state index in [1.54, 1.807) is 10.9 Å². The second-order valence-corrected chi connectivity index (χ2v) is 8.00. The first-order valence-corrected chi connectivity index (χ1v) is 10.5. The topological polar surface area (TPSA) is 97.2 Å². The lowest BCUT2D eigenvalue weighted by molar-refractivity contribution is -0.113. The Morgan fingerprint density at radius 1 is 1.26 bits per heavy atom. The maximum atomic E-state index is 13.0. The Balaban J connectivity index is 1.38. The van der Waals surface area contributed by atoms with E-state index in [0.717, 1.165) is 48.4 Å². The van der Waals surface area contributed by atoms with Gasteiger partial charge in [-0.15, -0.1) is 0 Å². The zero-order valence-corrected chi connectivity index (χ0v) is 17.6. The van der Waals surface area contributed by atoms with Crippen LogP contribution in [0.1, 0.15) is 36.7 Å². The Hall–Kier alpha value is -3.62. The molecular formula is C22H25N7O2. The molecule has 5 rings (SSSR count). The highest BCUT2D eigenvalue weighted by Gasteiger charge is 2.26. The summed E-state index contributed by atoms with van der Waals surface area (Å²) in [6.45, 7) is 3.76. The van der Waals surface area contributed by atoms with Gasteiger partial charge < -0.3 is 20.3 Å². The normalized spacial score (nSPS) is 18.5. The highest BCUT2D eigenvalue weighted by atomic mass is 16.5. The SMILES string of the molecule is Cc1cc(C2NC(C(=O)Nc3cc4cn(C)nc4nc3N3CCCCC3)=CO2)ccn1. The van der Waals surface area contributed by atoms with E-state index in [2.05, 4.69) is 25.6 Å². The quantitative estimate of drug-likeness (QED) is 0.671. The largest absolute Gasteiger partial charge is 0.472 e. The molecule has 31 heavy (non-hydrogen) atoms. The van der Waals surface area contributed by atoms with Crippen LogP contribution in [-0.2, 0) is 16.6 Å². The van der Waals surface area contributed by atoms with Crippen LogP contribution in [0.3, 0.4) is 0 Å². The number of carbonyl (C=O) groups excluding carboxylic acids is 1. The summed E-state index contributed by atoms with van der Waals surface area (Å²) in [4.78, 5) is 24.2. The number of aromatic nitrogens is 4. The number of nitrogens with one attached hydrogen (secondary N) is 2. The van der Waals surface area contributed by atoms with Gasteiger partial charge in [0.05, 0.1) is 5.69 Å². The number of hydrogen-bond acceptors (Lipinski definition) is 7. The van der Waals surface area contributed by atoms with Crippen LogP contribution in [0.5, 0.6) is 0 Å². The summed E-state index contributed by atoms with van der Waals surface area (Å²) in [5.74, 6) is 0.497. The minimum absolute atomic E-state index is 0.267. The molecule has 3 aromatic rings. The number of rotatable bonds is 4. The van der Waals surface area contributed by atoms with Gasteiger partial charge in [0.1, 0.15) is 12.0 Å². The summed E-state index contributed by atoms with van der Waals surface area (Å²) in [7, 11) is 1.87. The smallest absolute Gasteiger partial charge is 0.275 e. The summed E-state index contributed by atoms with van der Waals surface area (Å²) in [5.41, 5.74) is 3.53. The standard InChI is InChI=1S/C22H25N7O2/c1-14-10-15(6-7-23-14)22-25-18(13-31-22)21(30)24-17-11-16-12-28(2)27-19(16)26-20(17)29-8-4-3-5-9-29/h6-7,10-13,22,25H,3-5,8-9H2,1-2H3,(H,24,30). The molecule has 2 aliphatic heterocycles. The molecule has 5 heterocycles. The molecule has 160 valence electrons. The number of aryl methyl sites for hydroxylation is 2. The van der Waals surface area contributed by atoms with E-state index >= 15 is 0 Å². The fourth-order valence-corrected chi connectivity index (χ4v) is 4.05. The van der Waals surface area contributed by atoms with Crippen LogP contribution in [0, 0.1) is 6.92 Å². The number of fused-ring (bicyclic) bond motifs is 1. The third-order valence-corrected chi connectivity index (χ3v) is 5.57. The fourth-order valence-electron chi connectivity index (χ4n) is 4.05. The van der Waals surface area contributed by atoms with E-state index in [1.807, 2.05) is 38.4 Å². The molecule has 0 spiro atoms. The molecule has 3 aromatic heterocycles. The van der Waals surface area contributed by atoms with E-state index in [-0.39, 0.29) is 5.91 Å². The highest BCUT2D eigenvalue weighted by molar-refractivity contribution is 6.06. The van der Waals surface area contributed by atoms with Gasteiger partial charge in [-0.05, 0) is 44.4 Å². The predicted molar refractivity (Wildman–Crippen MR) is 117 cm³/mol. The zero-order chi connectivity index (χ0) is 21.4. The lowest BCUT2D eigenvalue weighted by Gasteiger charge is -2.29. The van der Waals surface area contributed by atoms with Gasteiger partial charge in [-0.2, -0.15) is 5.10 Å². The Labute approximate surface area is 180 Å². The molecule has 1 amide bonds. The minimum Gasteiger partial charge on any atom is -0.472 e. The molecule has 2 aliphatic rings. The van der Waals surface area contributed by atoms with Crippen molar-refractivity contribution in [3.05, 3.63) is 53.8 Å². The fraction of sp³-hybridized carbons (Fsp3) is 0.364. The van der Waals surface area contributed by atoms with Crippen molar-refractivity contribution >= 4 is 28.4 Å². The Morgan fingerprint density at radius 3 is 2.90 bits per heavy atom. The maximum absolute atomic E-state index is 13.0. The number of ether oxygens (including phenoxy) is 1. The summed E-state index contributed by atoms with van der Waals surface area (Å²) in [6.07, 6.45) is 8.12. The van der Waals surface area contributed by atoms with Crippen molar-refractivity contribution in [2.24, 2.45) is 7.05 Å². The first-order chi connectivity index (χ1) is 15.1. The molecule has 1 unspecified atom stereocenters. The molecule has 0 bridgehead atoms. The number of piperidine rings is 1. The van der Waals surface area contributed by atoms with Crippen molar-refractivity contribution in [2.75, 3.05) is 23.3 Å². The van der Waals surface area contributed by atoms with Gasteiger partial charge in [-0.1, -0.05) is 0 Å². The number of hydrogen-bond donors (Lipinski definition) is 2. The summed E-state index contributed by atoms with van der Waals surface area (Å²) < 4.78 is 7.42. The first kappa shape index (κ1) is 19.3. The summed E-state index contributed by atoms with van der Waals surface area (Å²) in [6, 6.07) is 5.74. The molecule has 0 aromatic carbocycles. The third-order valence-electron chi connectivity index (χ3n) is 5.57. The van der Waals surface area contributed by atoms with E-state index in [1.165, 1.54) is 12.7 Å². The average molecular weight is 419 g/mol. The van der Waals surface area contributed by atoms with Crippen LogP contribution in [0.4, 0.5) is 11.5 Å². The van der Waals surface area contributed by atoms with E-state index < -0.39 is 6.23 Å². The lowest BCUT2D eigenvalue weighted by Crippen LogP contribution is -2.32. The van der Waals surface area contributed by atoms with E-state index in [0.29, 0.717) is 17.0 Å². The van der Waals surface area contributed by atoms with Crippen molar-refractivity contribution in [3.8, 4) is 0 Å². The molecule has 1 saturated heterocycles. The van der Waals surface area contributed by atoms with Crippen molar-refractivity contribution in [1.29, 1.82) is 0 Å². The summed E-state index contributed by atoms with van der Waals surface area (Å²) >= 11 is 0. The van der Waals surface area contributed by atoms with Crippen LogP contribution in [0.15, 0.2) is 42.6 Å². The highest BCUT2D eigenvalue weighted by Crippen LogP contribution is 2.31. The Morgan fingerprint density at radius 2 is 2.10 bits per heavy atom. The van der Waals surface area contributed by atoms with Crippen LogP contribution in [0.2, 0.25) is 0 Å². The number of amides is 1. The van der Waals surface area contributed by atoms with Gasteiger partial charge in [-0.3, -0.25) is 14.5 Å². The van der Waals surface area contributed by atoms with Crippen molar-refractivity contribution in [3.63, 3.8) is 0 Å². The second-order valence-electron chi connectivity index (χ2n) is 8.00. The first-order valence-electron chi connectivity index (χ1n) is 10.5. The Bertz CT molecular complexity index is 1160. The van der Waals surface area contributed by atoms with Gasteiger partial charge in [0.15, 0.2) is 17.7 Å². The minimum atomic E-state index is -0.414. The zero-order valence-electron chi connectivity index (χ0n) is 17.6. The number of nitrogens with zero attached hydrogens (tertiary/aromatic N) is 5. The van der Waals surface area contributed by atoms with Crippen molar-refractivity contribution in [2.45, 2.75) is 32.4 Å². The maximum Gasteiger partial charge on any atom is 0.275 e. The molecule has 1 atom stereocenters. The van der Waals surface area contributed by atoms with Gasteiger partial charge >= 0.3 is 0 Å². The molecule has 0 aliphatic carbocycles.